The van der Waals surface area contributed by atoms with Crippen LogP contribution in [0.3, 0.4) is 0 Å². The SMILES string of the molecule is CCCCc1nccn1CCS(=O)(=O)CC. The van der Waals surface area contributed by atoms with E-state index in [2.05, 4.69) is 11.9 Å². The fraction of sp³-hybridized carbons (Fsp3) is 0.727. The van der Waals surface area contributed by atoms with Gasteiger partial charge in [0.05, 0.1) is 5.75 Å². The molecule has 0 fully saturated rings. The van der Waals surface area contributed by atoms with E-state index in [1.165, 1.54) is 0 Å². The normalized spacial score (nSPS) is 11.9. The van der Waals surface area contributed by atoms with Crippen LogP contribution in [0.2, 0.25) is 0 Å². The predicted octanol–water partition coefficient (Wildman–Crippen LogP) is 1.66. The molecule has 92 valence electrons. The molecule has 0 aliphatic rings. The van der Waals surface area contributed by atoms with E-state index >= 15 is 0 Å². The largest absolute Gasteiger partial charge is 0.334 e. The number of sulfone groups is 1. The standard InChI is InChI=1S/C11H20N2O2S/c1-3-5-6-11-12-7-8-13(11)9-10-16(14,15)4-2/h7-8H,3-6,9-10H2,1-2H3. The van der Waals surface area contributed by atoms with Gasteiger partial charge in [0.25, 0.3) is 0 Å². The maximum absolute atomic E-state index is 11.4. The summed E-state index contributed by atoms with van der Waals surface area (Å²) in [4.78, 5) is 4.25. The highest BCUT2D eigenvalue weighted by Crippen LogP contribution is 2.04. The minimum absolute atomic E-state index is 0.207. The first-order valence-corrected chi connectivity index (χ1v) is 7.61. The summed E-state index contributed by atoms with van der Waals surface area (Å²) in [5.74, 6) is 1.42. The van der Waals surface area contributed by atoms with Crippen LogP contribution < -0.4 is 0 Å². The summed E-state index contributed by atoms with van der Waals surface area (Å²) >= 11 is 0. The molecule has 1 heterocycles. The van der Waals surface area contributed by atoms with Gasteiger partial charge >= 0.3 is 0 Å². The summed E-state index contributed by atoms with van der Waals surface area (Å²) < 4.78 is 24.7. The molecule has 1 aromatic rings. The highest BCUT2D eigenvalue weighted by atomic mass is 32.2. The van der Waals surface area contributed by atoms with E-state index in [9.17, 15) is 8.42 Å². The van der Waals surface area contributed by atoms with Gasteiger partial charge in [0, 0.05) is 31.1 Å². The van der Waals surface area contributed by atoms with E-state index in [1.807, 2.05) is 10.8 Å². The summed E-state index contributed by atoms with van der Waals surface area (Å²) in [5, 5.41) is 0. The maximum atomic E-state index is 11.4. The van der Waals surface area contributed by atoms with Crippen molar-refractivity contribution in [2.24, 2.45) is 0 Å². The molecule has 0 saturated heterocycles. The van der Waals surface area contributed by atoms with Crippen LogP contribution in [0.1, 0.15) is 32.5 Å². The van der Waals surface area contributed by atoms with Crippen LogP contribution >= 0.6 is 0 Å². The molecule has 16 heavy (non-hydrogen) atoms. The number of aromatic nitrogens is 2. The first kappa shape index (κ1) is 13.2. The molecule has 0 saturated carbocycles. The summed E-state index contributed by atoms with van der Waals surface area (Å²) in [6.45, 7) is 4.34. The Kier molecular flexibility index (Phi) is 4.99. The Hall–Kier alpha value is -0.840. The average molecular weight is 244 g/mol. The molecule has 5 heteroatoms. The van der Waals surface area contributed by atoms with Crippen molar-refractivity contribution in [3.05, 3.63) is 18.2 Å². The minimum Gasteiger partial charge on any atom is -0.334 e. The number of nitrogens with zero attached hydrogens (tertiary/aromatic N) is 2. The minimum atomic E-state index is -2.88. The lowest BCUT2D eigenvalue weighted by Gasteiger charge is -2.07. The smallest absolute Gasteiger partial charge is 0.151 e. The summed E-state index contributed by atoms with van der Waals surface area (Å²) in [7, 11) is -2.88. The zero-order valence-corrected chi connectivity index (χ0v) is 10.8. The molecule has 0 aliphatic heterocycles. The van der Waals surface area contributed by atoms with Crippen LogP contribution in [-0.4, -0.2) is 29.5 Å². The number of imidazole rings is 1. The van der Waals surface area contributed by atoms with E-state index in [1.54, 1.807) is 13.1 Å². The third kappa shape index (κ3) is 3.96. The molecule has 0 amide bonds. The van der Waals surface area contributed by atoms with Gasteiger partial charge in [-0.1, -0.05) is 20.3 Å². The van der Waals surface area contributed by atoms with Gasteiger partial charge < -0.3 is 4.57 Å². The van der Waals surface area contributed by atoms with Crippen molar-refractivity contribution >= 4 is 9.84 Å². The topological polar surface area (TPSA) is 52.0 Å². The Labute approximate surface area is 97.6 Å². The van der Waals surface area contributed by atoms with Crippen LogP contribution in [0.15, 0.2) is 12.4 Å². The van der Waals surface area contributed by atoms with E-state index in [0.717, 1.165) is 25.1 Å². The Morgan fingerprint density at radius 3 is 2.75 bits per heavy atom. The molecule has 0 radical (unpaired) electrons. The van der Waals surface area contributed by atoms with Crippen molar-refractivity contribution in [2.45, 2.75) is 39.7 Å². The molecular formula is C11H20N2O2S. The van der Waals surface area contributed by atoms with Crippen molar-refractivity contribution in [3.63, 3.8) is 0 Å². The van der Waals surface area contributed by atoms with Crippen LogP contribution in [0.25, 0.3) is 0 Å². The van der Waals surface area contributed by atoms with Gasteiger partial charge in [0.1, 0.15) is 5.82 Å². The van der Waals surface area contributed by atoms with Crippen LogP contribution in [0.5, 0.6) is 0 Å². The first-order valence-electron chi connectivity index (χ1n) is 5.79. The van der Waals surface area contributed by atoms with Crippen LogP contribution in [0.4, 0.5) is 0 Å². The van der Waals surface area contributed by atoms with E-state index in [0.29, 0.717) is 6.54 Å². The molecule has 0 spiro atoms. The zero-order chi connectivity index (χ0) is 12.0. The Bertz CT molecular complexity index is 409. The number of unbranched alkanes of at least 4 members (excludes halogenated alkanes) is 1. The van der Waals surface area contributed by atoms with Crippen LogP contribution in [-0.2, 0) is 22.8 Å². The van der Waals surface area contributed by atoms with Gasteiger partial charge in [-0.3, -0.25) is 0 Å². The Balaban J connectivity index is 2.57. The third-order valence-corrected chi connectivity index (χ3v) is 4.32. The zero-order valence-electron chi connectivity index (χ0n) is 10.0. The van der Waals surface area contributed by atoms with Gasteiger partial charge in [-0.15, -0.1) is 0 Å². The highest BCUT2D eigenvalue weighted by Gasteiger charge is 2.09. The Morgan fingerprint density at radius 2 is 2.12 bits per heavy atom. The average Bonchev–Trinajstić information content (AvgIpc) is 2.71. The van der Waals surface area contributed by atoms with Crippen LogP contribution in [0, 0.1) is 0 Å². The van der Waals surface area contributed by atoms with Gasteiger partial charge in [-0.25, -0.2) is 13.4 Å². The molecule has 1 aromatic heterocycles. The second-order valence-corrected chi connectivity index (χ2v) is 6.35. The van der Waals surface area contributed by atoms with Crippen molar-refractivity contribution in [1.82, 2.24) is 9.55 Å². The second-order valence-electron chi connectivity index (χ2n) is 3.88. The quantitative estimate of drug-likeness (QED) is 0.733. The summed E-state index contributed by atoms with van der Waals surface area (Å²) in [5.41, 5.74) is 0. The monoisotopic (exact) mass is 244 g/mol. The summed E-state index contributed by atoms with van der Waals surface area (Å²) in [6, 6.07) is 0. The lowest BCUT2D eigenvalue weighted by Crippen LogP contribution is -2.15. The van der Waals surface area contributed by atoms with E-state index in [4.69, 9.17) is 0 Å². The lowest BCUT2D eigenvalue weighted by molar-refractivity contribution is 0.586. The van der Waals surface area contributed by atoms with Crippen molar-refractivity contribution < 1.29 is 8.42 Å². The fourth-order valence-electron chi connectivity index (χ4n) is 1.49. The van der Waals surface area contributed by atoms with Gasteiger partial charge in [-0.2, -0.15) is 0 Å². The lowest BCUT2D eigenvalue weighted by atomic mass is 10.2. The highest BCUT2D eigenvalue weighted by molar-refractivity contribution is 7.91. The molecule has 0 N–H and O–H groups in total. The third-order valence-electron chi connectivity index (χ3n) is 2.64. The van der Waals surface area contributed by atoms with Crippen molar-refractivity contribution in [1.29, 1.82) is 0 Å². The van der Waals surface area contributed by atoms with Crippen molar-refractivity contribution in [2.75, 3.05) is 11.5 Å². The maximum Gasteiger partial charge on any atom is 0.151 e. The van der Waals surface area contributed by atoms with Gasteiger partial charge in [0.2, 0.25) is 0 Å². The molecule has 4 nitrogen and oxygen atoms in total. The van der Waals surface area contributed by atoms with Gasteiger partial charge in [-0.05, 0) is 6.42 Å². The fourth-order valence-corrected chi connectivity index (χ4v) is 2.25. The predicted molar refractivity (Wildman–Crippen MR) is 65.2 cm³/mol. The molecule has 1 rings (SSSR count). The molecule has 0 unspecified atom stereocenters. The molecule has 0 atom stereocenters. The summed E-state index contributed by atoms with van der Waals surface area (Å²) in [6.07, 6.45) is 6.74. The molecule has 0 bridgehead atoms. The first-order chi connectivity index (χ1) is 7.59. The number of rotatable bonds is 7. The van der Waals surface area contributed by atoms with E-state index in [-0.39, 0.29) is 11.5 Å². The number of hydrogen-bond donors (Lipinski definition) is 0. The van der Waals surface area contributed by atoms with E-state index < -0.39 is 9.84 Å². The molecule has 0 aliphatic carbocycles. The van der Waals surface area contributed by atoms with Crippen molar-refractivity contribution in [3.8, 4) is 0 Å². The number of hydrogen-bond acceptors (Lipinski definition) is 3. The molecular weight excluding hydrogens is 224 g/mol. The van der Waals surface area contributed by atoms with Gasteiger partial charge in [0.15, 0.2) is 9.84 Å². The second kappa shape index (κ2) is 6.03. The molecule has 0 aromatic carbocycles. The Morgan fingerprint density at radius 1 is 1.38 bits per heavy atom. The number of aryl methyl sites for hydroxylation is 2.